The van der Waals surface area contributed by atoms with Crippen LogP contribution in [0.2, 0.25) is 0 Å². The number of aliphatic hydroxyl groups is 1. The van der Waals surface area contributed by atoms with Crippen LogP contribution in [-0.4, -0.2) is 29.6 Å². The van der Waals surface area contributed by atoms with E-state index in [2.05, 4.69) is 4.90 Å². The van der Waals surface area contributed by atoms with Crippen LogP contribution in [0.1, 0.15) is 24.5 Å². The second-order valence-electron chi connectivity index (χ2n) is 4.98. The Balaban J connectivity index is 2.40. The molecule has 0 aliphatic carbocycles. The third kappa shape index (κ3) is 1.85. The Bertz CT molecular complexity index is 395. The van der Waals surface area contributed by atoms with Crippen LogP contribution in [0.3, 0.4) is 0 Å². The molecule has 1 aromatic rings. The van der Waals surface area contributed by atoms with Crippen LogP contribution in [0.5, 0.6) is 0 Å². The fraction of sp³-hybridized carbons (Fsp3) is 0.538. The predicted molar refractivity (Wildman–Crippen MR) is 61.7 cm³/mol. The summed E-state index contributed by atoms with van der Waals surface area (Å²) in [7, 11) is 1.95. The summed E-state index contributed by atoms with van der Waals surface area (Å²) in [5, 5.41) is 10.5. The van der Waals surface area contributed by atoms with Crippen LogP contribution in [0.15, 0.2) is 18.2 Å². The van der Waals surface area contributed by atoms with Gasteiger partial charge in [0.15, 0.2) is 0 Å². The molecule has 0 aromatic heterocycles. The maximum Gasteiger partial charge on any atom is 0.129 e. The van der Waals surface area contributed by atoms with Gasteiger partial charge in [-0.2, -0.15) is 0 Å². The van der Waals surface area contributed by atoms with E-state index in [1.54, 1.807) is 12.1 Å². The van der Waals surface area contributed by atoms with Crippen molar-refractivity contribution in [3.63, 3.8) is 0 Å². The fourth-order valence-corrected chi connectivity index (χ4v) is 2.47. The van der Waals surface area contributed by atoms with Gasteiger partial charge in [-0.25, -0.2) is 4.39 Å². The van der Waals surface area contributed by atoms with Crippen LogP contribution in [-0.2, 0) is 5.60 Å². The van der Waals surface area contributed by atoms with E-state index in [1.807, 2.05) is 20.9 Å². The van der Waals surface area contributed by atoms with Gasteiger partial charge in [-0.1, -0.05) is 17.7 Å². The Kier molecular flexibility index (Phi) is 2.76. The highest BCUT2D eigenvalue weighted by Crippen LogP contribution is 2.36. The molecular formula is C13H18FNO. The summed E-state index contributed by atoms with van der Waals surface area (Å²) >= 11 is 0. The largest absolute Gasteiger partial charge is 0.384 e. The molecule has 0 bridgehead atoms. The minimum atomic E-state index is -1.04. The molecule has 16 heavy (non-hydrogen) atoms. The van der Waals surface area contributed by atoms with Crippen LogP contribution >= 0.6 is 0 Å². The Morgan fingerprint density at radius 2 is 2.19 bits per heavy atom. The smallest absolute Gasteiger partial charge is 0.129 e. The Hall–Kier alpha value is -0.930. The molecule has 2 atom stereocenters. The van der Waals surface area contributed by atoms with E-state index in [0.717, 1.165) is 5.56 Å². The molecule has 1 aliphatic heterocycles. The summed E-state index contributed by atoms with van der Waals surface area (Å²) in [4.78, 5) is 2.06. The van der Waals surface area contributed by atoms with Crippen molar-refractivity contribution in [3.05, 3.63) is 35.1 Å². The average molecular weight is 223 g/mol. The van der Waals surface area contributed by atoms with Gasteiger partial charge < -0.3 is 10.0 Å². The number of aryl methyl sites for hydroxylation is 1. The van der Waals surface area contributed by atoms with E-state index in [9.17, 15) is 9.50 Å². The molecule has 1 N–H and O–H groups in total. The maximum atomic E-state index is 13.7. The first-order chi connectivity index (χ1) is 7.42. The molecular weight excluding hydrogens is 205 g/mol. The minimum Gasteiger partial charge on any atom is -0.384 e. The zero-order chi connectivity index (χ0) is 11.9. The molecule has 1 heterocycles. The maximum absolute atomic E-state index is 13.7. The summed E-state index contributed by atoms with van der Waals surface area (Å²) in [6, 6.07) is 5.20. The lowest BCUT2D eigenvalue weighted by Gasteiger charge is -2.23. The van der Waals surface area contributed by atoms with Crippen molar-refractivity contribution >= 4 is 0 Å². The van der Waals surface area contributed by atoms with Gasteiger partial charge in [-0.05, 0) is 33.4 Å². The molecule has 1 aromatic carbocycles. The number of β-amino-alcohol motifs (C(OH)–C–C–N with tert-alkyl or cyclic N) is 1. The zero-order valence-corrected chi connectivity index (χ0v) is 10.00. The van der Waals surface area contributed by atoms with E-state index in [-0.39, 0.29) is 11.9 Å². The molecule has 0 amide bonds. The molecule has 2 unspecified atom stereocenters. The van der Waals surface area contributed by atoms with Crippen molar-refractivity contribution in [2.75, 3.05) is 13.6 Å². The molecule has 2 rings (SSSR count). The Morgan fingerprint density at radius 3 is 2.75 bits per heavy atom. The lowest BCUT2D eigenvalue weighted by atomic mass is 9.90. The van der Waals surface area contributed by atoms with Crippen LogP contribution < -0.4 is 0 Å². The van der Waals surface area contributed by atoms with Crippen molar-refractivity contribution in [2.45, 2.75) is 31.9 Å². The summed E-state index contributed by atoms with van der Waals surface area (Å²) in [5.74, 6) is -0.310. The first kappa shape index (κ1) is 11.6. The van der Waals surface area contributed by atoms with Crippen molar-refractivity contribution in [3.8, 4) is 0 Å². The van der Waals surface area contributed by atoms with Gasteiger partial charge in [-0.15, -0.1) is 0 Å². The number of likely N-dealkylation sites (N-methyl/N-ethyl adjacent to an activating group) is 1. The SMILES string of the molecule is Cc1ccc(F)c(C2(O)CC(C)N(C)C2)c1. The highest BCUT2D eigenvalue weighted by Gasteiger charge is 2.41. The summed E-state index contributed by atoms with van der Waals surface area (Å²) in [6.07, 6.45) is 0.587. The summed E-state index contributed by atoms with van der Waals surface area (Å²) < 4.78 is 13.7. The topological polar surface area (TPSA) is 23.5 Å². The normalized spacial score (nSPS) is 30.9. The van der Waals surface area contributed by atoms with E-state index in [1.165, 1.54) is 6.07 Å². The van der Waals surface area contributed by atoms with Gasteiger partial charge >= 0.3 is 0 Å². The van der Waals surface area contributed by atoms with Gasteiger partial charge in [0.2, 0.25) is 0 Å². The summed E-state index contributed by atoms with van der Waals surface area (Å²) in [5.41, 5.74) is 0.375. The minimum absolute atomic E-state index is 0.282. The monoisotopic (exact) mass is 223 g/mol. The molecule has 1 aliphatic rings. The first-order valence-electron chi connectivity index (χ1n) is 5.61. The number of rotatable bonds is 1. The number of likely N-dealkylation sites (tertiary alicyclic amines) is 1. The third-order valence-electron chi connectivity index (χ3n) is 3.52. The molecule has 1 fully saturated rings. The zero-order valence-electron chi connectivity index (χ0n) is 10.00. The second kappa shape index (κ2) is 3.82. The van der Waals surface area contributed by atoms with Crippen LogP contribution in [0, 0.1) is 12.7 Å². The number of hydrogen-bond donors (Lipinski definition) is 1. The number of hydrogen-bond acceptors (Lipinski definition) is 2. The van der Waals surface area contributed by atoms with Crippen molar-refractivity contribution < 1.29 is 9.50 Å². The molecule has 0 saturated carbocycles. The third-order valence-corrected chi connectivity index (χ3v) is 3.52. The van der Waals surface area contributed by atoms with Crippen molar-refractivity contribution in [1.29, 1.82) is 0 Å². The van der Waals surface area contributed by atoms with Gasteiger partial charge in [0.05, 0.1) is 0 Å². The quantitative estimate of drug-likeness (QED) is 0.787. The van der Waals surface area contributed by atoms with Gasteiger partial charge in [0.1, 0.15) is 11.4 Å². The van der Waals surface area contributed by atoms with E-state index < -0.39 is 5.60 Å². The van der Waals surface area contributed by atoms with E-state index in [4.69, 9.17) is 0 Å². The van der Waals surface area contributed by atoms with Crippen LogP contribution in [0.4, 0.5) is 4.39 Å². The Labute approximate surface area is 95.7 Å². The van der Waals surface area contributed by atoms with Gasteiger partial charge in [0, 0.05) is 18.2 Å². The standard InChI is InChI=1S/C13H18FNO/c1-9-4-5-12(14)11(6-9)13(16)7-10(2)15(3)8-13/h4-6,10,16H,7-8H2,1-3H3. The van der Waals surface area contributed by atoms with Crippen molar-refractivity contribution in [1.82, 2.24) is 4.90 Å². The molecule has 3 heteroatoms. The molecule has 2 nitrogen and oxygen atoms in total. The highest BCUT2D eigenvalue weighted by atomic mass is 19.1. The highest BCUT2D eigenvalue weighted by molar-refractivity contribution is 5.30. The number of halogens is 1. The van der Waals surface area contributed by atoms with E-state index >= 15 is 0 Å². The molecule has 0 radical (unpaired) electrons. The first-order valence-corrected chi connectivity index (χ1v) is 5.61. The lowest BCUT2D eigenvalue weighted by Crippen LogP contribution is -2.30. The molecule has 88 valence electrons. The number of benzene rings is 1. The molecule has 1 saturated heterocycles. The average Bonchev–Trinajstić information content (AvgIpc) is 2.46. The summed E-state index contributed by atoms with van der Waals surface area (Å²) in [6.45, 7) is 4.45. The van der Waals surface area contributed by atoms with E-state index in [0.29, 0.717) is 18.5 Å². The van der Waals surface area contributed by atoms with Gasteiger partial charge in [0.25, 0.3) is 0 Å². The molecule has 0 spiro atoms. The Morgan fingerprint density at radius 1 is 1.50 bits per heavy atom. The fourth-order valence-electron chi connectivity index (χ4n) is 2.47. The van der Waals surface area contributed by atoms with Crippen molar-refractivity contribution in [2.24, 2.45) is 0 Å². The predicted octanol–water partition coefficient (Wildman–Crippen LogP) is 2.05. The second-order valence-corrected chi connectivity index (χ2v) is 4.98. The number of nitrogens with zero attached hydrogens (tertiary/aromatic N) is 1. The lowest BCUT2D eigenvalue weighted by molar-refractivity contribution is 0.0448. The van der Waals surface area contributed by atoms with Crippen LogP contribution in [0.25, 0.3) is 0 Å². The van der Waals surface area contributed by atoms with Gasteiger partial charge in [-0.3, -0.25) is 0 Å².